The van der Waals surface area contributed by atoms with Crippen LogP contribution in [0.1, 0.15) is 22.1 Å². The number of benzene rings is 2. The second-order valence-electron chi connectivity index (χ2n) is 9.65. The molecule has 1 fully saturated rings. The van der Waals surface area contributed by atoms with Gasteiger partial charge in [-0.25, -0.2) is 0 Å². The molecule has 38 heavy (non-hydrogen) atoms. The molecule has 0 spiro atoms. The maximum atomic E-state index is 13.3. The Hall–Kier alpha value is -4.60. The van der Waals surface area contributed by atoms with Crippen molar-refractivity contribution in [2.24, 2.45) is 7.05 Å². The third-order valence-electron chi connectivity index (χ3n) is 7.21. The molecule has 0 saturated carbocycles. The van der Waals surface area contributed by atoms with Gasteiger partial charge in [-0.2, -0.15) is 0 Å². The van der Waals surface area contributed by atoms with Gasteiger partial charge in [-0.3, -0.25) is 9.59 Å². The monoisotopic (exact) mass is 512 g/mol. The molecule has 4 aromatic rings. The van der Waals surface area contributed by atoms with E-state index >= 15 is 0 Å². The number of ether oxygens (including phenoxy) is 1. The lowest BCUT2D eigenvalue weighted by Gasteiger charge is -2.45. The fraction of sp³-hybridized carbons (Fsp3) is 0.286. The molecule has 0 radical (unpaired) electrons. The fourth-order valence-corrected chi connectivity index (χ4v) is 5.17. The van der Waals surface area contributed by atoms with Crippen molar-refractivity contribution in [3.8, 4) is 16.9 Å². The number of amides is 1. The van der Waals surface area contributed by atoms with Gasteiger partial charge < -0.3 is 28.8 Å². The van der Waals surface area contributed by atoms with Gasteiger partial charge in [0, 0.05) is 56.6 Å². The van der Waals surface area contributed by atoms with Gasteiger partial charge in [0.15, 0.2) is 0 Å². The first-order valence-electron chi connectivity index (χ1n) is 12.5. The molecule has 10 heteroatoms. The van der Waals surface area contributed by atoms with Crippen molar-refractivity contribution >= 4 is 29.1 Å². The summed E-state index contributed by atoms with van der Waals surface area (Å²) in [6.07, 6.45) is 0. The number of fused-ring (bicyclic) bond motifs is 3. The van der Waals surface area contributed by atoms with E-state index in [9.17, 15) is 9.59 Å². The van der Waals surface area contributed by atoms with E-state index in [1.165, 1.54) is 0 Å². The fourth-order valence-electron chi connectivity index (χ4n) is 5.17. The predicted molar refractivity (Wildman–Crippen MR) is 143 cm³/mol. The molecule has 0 unspecified atom stereocenters. The lowest BCUT2D eigenvalue weighted by molar-refractivity contribution is -0.112. The molecule has 1 atom stereocenters. The topological polar surface area (TPSA) is 106 Å². The molecule has 6 rings (SSSR count). The van der Waals surface area contributed by atoms with Gasteiger partial charge in [-0.15, -0.1) is 5.10 Å². The number of nitrogens with zero attached hydrogens (tertiary/aromatic N) is 5. The highest BCUT2D eigenvalue weighted by Crippen LogP contribution is 2.38. The van der Waals surface area contributed by atoms with Gasteiger partial charge in [0.2, 0.25) is 5.89 Å². The molecule has 194 valence electrons. The number of carbonyl (C=O) groups is 2. The molecule has 0 aliphatic carbocycles. The Morgan fingerprint density at radius 2 is 1.84 bits per heavy atom. The normalized spacial score (nSPS) is 16.4. The highest BCUT2D eigenvalue weighted by atomic mass is 16.5. The zero-order valence-electron chi connectivity index (χ0n) is 21.5. The summed E-state index contributed by atoms with van der Waals surface area (Å²) in [7, 11) is 1.80. The summed E-state index contributed by atoms with van der Waals surface area (Å²) in [5.41, 5.74) is 4.34. The molecule has 2 aliphatic rings. The van der Waals surface area contributed by atoms with E-state index in [0.717, 1.165) is 35.6 Å². The number of rotatable bonds is 5. The van der Waals surface area contributed by atoms with Crippen molar-refractivity contribution in [3.63, 3.8) is 0 Å². The van der Waals surface area contributed by atoms with E-state index in [1.807, 2.05) is 49.4 Å². The van der Waals surface area contributed by atoms with E-state index < -0.39 is 11.7 Å². The number of hydrogen-bond donors (Lipinski definition) is 1. The molecule has 1 amide bonds. The van der Waals surface area contributed by atoms with Crippen LogP contribution in [0, 0.1) is 13.8 Å². The van der Waals surface area contributed by atoms with Gasteiger partial charge in [0.25, 0.3) is 11.7 Å². The Balaban J connectivity index is 1.18. The molecular weight excluding hydrogens is 484 g/mol. The van der Waals surface area contributed by atoms with Gasteiger partial charge in [-0.1, -0.05) is 35.4 Å². The quantitative estimate of drug-likeness (QED) is 0.319. The Bertz CT molecular complexity index is 1530. The minimum atomic E-state index is -0.694. The number of carbonyl (C=O) groups excluding carboxylic acids is 2. The lowest BCUT2D eigenvalue weighted by atomic mass is 10.0. The number of Topliss-reactive ketones (excluding diaryl/α,β-unsaturated/α-hetero) is 1. The van der Waals surface area contributed by atoms with Gasteiger partial charge >= 0.3 is 6.01 Å². The second-order valence-corrected chi connectivity index (χ2v) is 9.65. The largest absolute Gasteiger partial charge is 0.489 e. The lowest BCUT2D eigenvalue weighted by Crippen LogP contribution is -2.57. The van der Waals surface area contributed by atoms with E-state index in [2.05, 4.69) is 25.3 Å². The summed E-state index contributed by atoms with van der Waals surface area (Å²) < 4.78 is 13.4. The van der Waals surface area contributed by atoms with E-state index in [0.29, 0.717) is 42.2 Å². The van der Waals surface area contributed by atoms with Crippen LogP contribution in [0.25, 0.3) is 11.1 Å². The average molecular weight is 513 g/mol. The zero-order valence-corrected chi connectivity index (χ0v) is 21.5. The van der Waals surface area contributed by atoms with Crippen LogP contribution in [0.2, 0.25) is 0 Å². The van der Waals surface area contributed by atoms with E-state index in [-0.39, 0.29) is 6.04 Å². The van der Waals surface area contributed by atoms with E-state index in [1.54, 1.807) is 30.7 Å². The van der Waals surface area contributed by atoms with Gasteiger partial charge in [-0.05, 0) is 30.7 Å². The number of anilines is 3. The third-order valence-corrected chi connectivity index (χ3v) is 7.21. The number of nitrogens with one attached hydrogen (secondary N) is 1. The standard InChI is InChI=1S/C28H28N6O4/c1-17-13-22(19-7-5-4-6-8-19)25(32(17)3)26(35)27(36)29-20-9-10-23-24(14-20)37-16-21-15-33(11-12-34(21)23)28-31-30-18(2)38-28/h4-10,13-14,21H,11-12,15-16H2,1-3H3,(H,29,36)/t21-/m0/s1. The molecule has 1 saturated heterocycles. The smallest absolute Gasteiger partial charge is 0.318 e. The average Bonchev–Trinajstić information content (AvgIpc) is 3.50. The van der Waals surface area contributed by atoms with Crippen molar-refractivity contribution in [1.82, 2.24) is 14.8 Å². The van der Waals surface area contributed by atoms with Crippen LogP contribution < -0.4 is 19.9 Å². The SMILES string of the molecule is Cc1nnc(N2CCN3c4ccc(NC(=O)C(=O)c5c(-c6ccccc6)cc(C)n5C)cc4OC[C@@H]3C2)o1. The zero-order chi connectivity index (χ0) is 26.4. The molecule has 2 aliphatic heterocycles. The first kappa shape index (κ1) is 23.8. The van der Waals surface area contributed by atoms with Crippen LogP contribution in [0.15, 0.2) is 59.0 Å². The van der Waals surface area contributed by atoms with Crippen molar-refractivity contribution in [2.45, 2.75) is 19.9 Å². The molecular formula is C28H28N6O4. The number of ketones is 1. The van der Waals surface area contributed by atoms with Crippen LogP contribution in [0.5, 0.6) is 5.75 Å². The summed E-state index contributed by atoms with van der Waals surface area (Å²) in [4.78, 5) is 30.8. The maximum Gasteiger partial charge on any atom is 0.318 e. The molecule has 4 heterocycles. The third kappa shape index (κ3) is 4.17. The predicted octanol–water partition coefficient (Wildman–Crippen LogP) is 3.60. The number of piperazine rings is 1. The molecule has 2 aromatic heterocycles. The molecule has 10 nitrogen and oxygen atoms in total. The van der Waals surface area contributed by atoms with Crippen LogP contribution in [-0.2, 0) is 11.8 Å². The minimum Gasteiger partial charge on any atom is -0.489 e. The Morgan fingerprint density at radius 3 is 2.61 bits per heavy atom. The molecule has 0 bridgehead atoms. The summed E-state index contributed by atoms with van der Waals surface area (Å²) in [6.45, 7) is 6.38. The summed E-state index contributed by atoms with van der Waals surface area (Å²) in [5.74, 6) is -0.0708. The Morgan fingerprint density at radius 1 is 1.03 bits per heavy atom. The minimum absolute atomic E-state index is 0.127. The van der Waals surface area contributed by atoms with Crippen molar-refractivity contribution in [3.05, 3.63) is 71.9 Å². The summed E-state index contributed by atoms with van der Waals surface area (Å²) in [5, 5.41) is 10.8. The van der Waals surface area contributed by atoms with Gasteiger partial charge in [0.1, 0.15) is 18.1 Å². The summed E-state index contributed by atoms with van der Waals surface area (Å²) >= 11 is 0. The van der Waals surface area contributed by atoms with Crippen LogP contribution in [0.3, 0.4) is 0 Å². The van der Waals surface area contributed by atoms with Crippen LogP contribution >= 0.6 is 0 Å². The maximum absolute atomic E-state index is 13.3. The van der Waals surface area contributed by atoms with Crippen molar-refractivity contribution in [2.75, 3.05) is 41.4 Å². The Labute approximate surface area is 219 Å². The highest BCUT2D eigenvalue weighted by molar-refractivity contribution is 6.47. The van der Waals surface area contributed by atoms with Crippen LogP contribution in [0.4, 0.5) is 17.4 Å². The number of hydrogen-bond acceptors (Lipinski definition) is 8. The molecule has 1 N–H and O–H groups in total. The molecule has 2 aromatic carbocycles. The number of aryl methyl sites for hydroxylation is 2. The van der Waals surface area contributed by atoms with E-state index in [4.69, 9.17) is 9.15 Å². The van der Waals surface area contributed by atoms with Gasteiger partial charge in [0.05, 0.1) is 11.7 Å². The summed E-state index contributed by atoms with van der Waals surface area (Å²) in [6, 6.07) is 17.7. The first-order valence-corrected chi connectivity index (χ1v) is 12.5. The van der Waals surface area contributed by atoms with Crippen molar-refractivity contribution in [1.29, 1.82) is 0 Å². The number of aromatic nitrogens is 3. The highest BCUT2D eigenvalue weighted by Gasteiger charge is 2.35. The Kier molecular flexibility index (Phi) is 5.86. The van der Waals surface area contributed by atoms with Crippen molar-refractivity contribution < 1.29 is 18.7 Å². The first-order chi connectivity index (χ1) is 18.4. The van der Waals surface area contributed by atoms with Crippen LogP contribution in [-0.4, -0.2) is 58.7 Å². The second kappa shape index (κ2) is 9.37.